The van der Waals surface area contributed by atoms with Gasteiger partial charge in [-0.15, -0.1) is 0 Å². The third kappa shape index (κ3) is 2.54. The summed E-state index contributed by atoms with van der Waals surface area (Å²) in [6.45, 7) is 4.42. The fraction of sp³-hybridized carbons (Fsp3) is 0.438. The number of nitrogens with one attached hydrogen (secondary N) is 1. The molecule has 2 aromatic rings. The average molecular weight is 334 g/mol. The van der Waals surface area contributed by atoms with Crippen molar-refractivity contribution in [3.05, 3.63) is 40.0 Å². The van der Waals surface area contributed by atoms with Crippen molar-refractivity contribution in [2.45, 2.75) is 25.7 Å². The van der Waals surface area contributed by atoms with E-state index >= 15 is 0 Å². The number of hydrogen-bond acceptors (Lipinski definition) is 2. The van der Waals surface area contributed by atoms with Crippen LogP contribution in [0.5, 0.6) is 0 Å². The number of piperidine rings is 1. The molecule has 106 valence electrons. The minimum Gasteiger partial charge on any atom is -0.316 e. The van der Waals surface area contributed by atoms with Gasteiger partial charge in [0.05, 0.1) is 5.69 Å². The van der Waals surface area contributed by atoms with Crippen LogP contribution in [0.2, 0.25) is 0 Å². The van der Waals surface area contributed by atoms with Crippen LogP contribution in [0.1, 0.15) is 30.0 Å². The van der Waals surface area contributed by atoms with Gasteiger partial charge in [-0.25, -0.2) is 0 Å². The summed E-state index contributed by atoms with van der Waals surface area (Å²) in [4.78, 5) is 0. The van der Waals surface area contributed by atoms with Crippen LogP contribution < -0.4 is 5.32 Å². The monoisotopic (exact) mass is 333 g/mol. The summed E-state index contributed by atoms with van der Waals surface area (Å²) in [6, 6.07) is 8.40. The van der Waals surface area contributed by atoms with Crippen LogP contribution in [-0.2, 0) is 7.05 Å². The zero-order valence-corrected chi connectivity index (χ0v) is 13.6. The van der Waals surface area contributed by atoms with Gasteiger partial charge in [0.1, 0.15) is 0 Å². The molecule has 0 radical (unpaired) electrons. The van der Waals surface area contributed by atoms with E-state index in [1.807, 2.05) is 0 Å². The molecule has 1 aliphatic heterocycles. The lowest BCUT2D eigenvalue weighted by atomic mass is 9.92. The molecule has 1 saturated heterocycles. The lowest BCUT2D eigenvalue weighted by Gasteiger charge is -2.23. The van der Waals surface area contributed by atoms with Gasteiger partial charge in [0, 0.05) is 35.2 Å². The molecule has 1 atom stereocenters. The van der Waals surface area contributed by atoms with Gasteiger partial charge in [0.25, 0.3) is 0 Å². The van der Waals surface area contributed by atoms with E-state index in [4.69, 9.17) is 5.10 Å². The lowest BCUT2D eigenvalue weighted by molar-refractivity contribution is 0.440. The molecule has 1 aromatic carbocycles. The van der Waals surface area contributed by atoms with Gasteiger partial charge in [-0.05, 0) is 44.0 Å². The summed E-state index contributed by atoms with van der Waals surface area (Å²) in [5.41, 5.74) is 5.01. The first kappa shape index (κ1) is 13.8. The maximum Gasteiger partial charge on any atom is 0.0955 e. The van der Waals surface area contributed by atoms with Crippen molar-refractivity contribution in [2.24, 2.45) is 7.05 Å². The first-order valence-corrected chi connectivity index (χ1v) is 7.96. The number of rotatable bonds is 2. The number of hydrogen-bond donors (Lipinski definition) is 1. The molecule has 3 nitrogen and oxygen atoms in total. The maximum atomic E-state index is 4.76. The van der Waals surface area contributed by atoms with Crippen molar-refractivity contribution < 1.29 is 0 Å². The van der Waals surface area contributed by atoms with Crippen LogP contribution in [0.4, 0.5) is 0 Å². The normalized spacial score (nSPS) is 19.2. The topological polar surface area (TPSA) is 29.9 Å². The van der Waals surface area contributed by atoms with Gasteiger partial charge in [-0.3, -0.25) is 4.68 Å². The first-order chi connectivity index (χ1) is 9.66. The fourth-order valence-corrected chi connectivity index (χ4v) is 3.44. The van der Waals surface area contributed by atoms with Gasteiger partial charge in [-0.1, -0.05) is 28.1 Å². The van der Waals surface area contributed by atoms with E-state index in [2.05, 4.69) is 64.2 Å². The van der Waals surface area contributed by atoms with Gasteiger partial charge in [0.15, 0.2) is 0 Å². The van der Waals surface area contributed by atoms with E-state index in [1.165, 1.54) is 29.7 Å². The van der Waals surface area contributed by atoms with Gasteiger partial charge >= 0.3 is 0 Å². The highest BCUT2D eigenvalue weighted by atomic mass is 79.9. The van der Waals surface area contributed by atoms with Crippen LogP contribution in [0.25, 0.3) is 11.3 Å². The van der Waals surface area contributed by atoms with Crippen molar-refractivity contribution in [2.75, 3.05) is 13.1 Å². The molecule has 3 rings (SSSR count). The average Bonchev–Trinajstić information content (AvgIpc) is 2.76. The molecule has 1 aromatic heterocycles. The summed E-state index contributed by atoms with van der Waals surface area (Å²) >= 11 is 3.48. The predicted molar refractivity (Wildman–Crippen MR) is 85.9 cm³/mol. The Kier molecular flexibility index (Phi) is 3.94. The Hall–Kier alpha value is -1.13. The Morgan fingerprint density at radius 2 is 2.05 bits per heavy atom. The highest BCUT2D eigenvalue weighted by Gasteiger charge is 2.23. The summed E-state index contributed by atoms with van der Waals surface area (Å²) in [5.74, 6) is 0.588. The minimum absolute atomic E-state index is 0.588. The number of nitrogens with zero attached hydrogens (tertiary/aromatic N) is 2. The zero-order chi connectivity index (χ0) is 14.1. The summed E-state index contributed by atoms with van der Waals surface area (Å²) in [5, 5.41) is 8.26. The molecular formula is C16H20BrN3. The molecule has 20 heavy (non-hydrogen) atoms. The molecule has 4 heteroatoms. The van der Waals surface area contributed by atoms with Crippen LogP contribution >= 0.6 is 15.9 Å². The molecule has 0 aliphatic carbocycles. The zero-order valence-electron chi connectivity index (χ0n) is 12.0. The van der Waals surface area contributed by atoms with E-state index in [0.29, 0.717) is 5.92 Å². The molecule has 1 unspecified atom stereocenters. The van der Waals surface area contributed by atoms with E-state index in [0.717, 1.165) is 23.3 Å². The van der Waals surface area contributed by atoms with Crippen molar-refractivity contribution in [1.29, 1.82) is 0 Å². The SMILES string of the molecule is Cc1c(-c2ccc(Br)cc2)nn(C)c1C1CCCNC1. The van der Waals surface area contributed by atoms with Crippen molar-refractivity contribution in [1.82, 2.24) is 15.1 Å². The van der Waals surface area contributed by atoms with Gasteiger partial charge < -0.3 is 5.32 Å². The fourth-order valence-electron chi connectivity index (χ4n) is 3.18. The van der Waals surface area contributed by atoms with Crippen LogP contribution in [0.3, 0.4) is 0 Å². The van der Waals surface area contributed by atoms with Gasteiger partial charge in [-0.2, -0.15) is 5.10 Å². The number of aromatic nitrogens is 2. The Morgan fingerprint density at radius 1 is 1.30 bits per heavy atom. The van der Waals surface area contributed by atoms with E-state index in [9.17, 15) is 0 Å². The van der Waals surface area contributed by atoms with E-state index in [1.54, 1.807) is 0 Å². The smallest absolute Gasteiger partial charge is 0.0955 e. The molecule has 1 N–H and O–H groups in total. The van der Waals surface area contributed by atoms with E-state index in [-0.39, 0.29) is 0 Å². The highest BCUT2D eigenvalue weighted by molar-refractivity contribution is 9.10. The third-order valence-corrected chi connectivity index (χ3v) is 4.67. The third-order valence-electron chi connectivity index (χ3n) is 4.14. The predicted octanol–water partition coefficient (Wildman–Crippen LogP) is 3.63. The van der Waals surface area contributed by atoms with Crippen LogP contribution in [0, 0.1) is 6.92 Å². The molecule has 1 aliphatic rings. The van der Waals surface area contributed by atoms with Crippen LogP contribution in [0.15, 0.2) is 28.7 Å². The molecule has 0 amide bonds. The molecule has 0 bridgehead atoms. The van der Waals surface area contributed by atoms with Crippen LogP contribution in [-0.4, -0.2) is 22.9 Å². The summed E-state index contributed by atoms with van der Waals surface area (Å²) in [7, 11) is 2.07. The second-order valence-corrected chi connectivity index (χ2v) is 6.45. The summed E-state index contributed by atoms with van der Waals surface area (Å²) < 4.78 is 3.18. The molecule has 2 heterocycles. The van der Waals surface area contributed by atoms with Crippen molar-refractivity contribution in [3.8, 4) is 11.3 Å². The second-order valence-electron chi connectivity index (χ2n) is 5.53. The molecule has 0 spiro atoms. The maximum absolute atomic E-state index is 4.76. The Labute approximate surface area is 128 Å². The molecule has 0 saturated carbocycles. The van der Waals surface area contributed by atoms with Crippen molar-refractivity contribution in [3.63, 3.8) is 0 Å². The molecule has 1 fully saturated rings. The quantitative estimate of drug-likeness (QED) is 0.909. The summed E-state index contributed by atoms with van der Waals surface area (Å²) in [6.07, 6.45) is 2.51. The number of aryl methyl sites for hydroxylation is 1. The number of benzene rings is 1. The minimum atomic E-state index is 0.588. The van der Waals surface area contributed by atoms with E-state index < -0.39 is 0 Å². The highest BCUT2D eigenvalue weighted by Crippen LogP contribution is 2.32. The molecular weight excluding hydrogens is 314 g/mol. The Balaban J connectivity index is 1.99. The number of halogens is 1. The van der Waals surface area contributed by atoms with Gasteiger partial charge in [0.2, 0.25) is 0 Å². The lowest BCUT2D eigenvalue weighted by Crippen LogP contribution is -2.29. The standard InChI is InChI=1S/C16H20BrN3/c1-11-15(12-5-7-14(17)8-6-12)19-20(2)16(11)13-4-3-9-18-10-13/h5-8,13,18H,3-4,9-10H2,1-2H3. The van der Waals surface area contributed by atoms with Crippen molar-refractivity contribution >= 4 is 15.9 Å². The first-order valence-electron chi connectivity index (χ1n) is 7.17. The Bertz CT molecular complexity index is 595. The Morgan fingerprint density at radius 3 is 2.70 bits per heavy atom. The largest absolute Gasteiger partial charge is 0.316 e. The second kappa shape index (κ2) is 5.70.